The van der Waals surface area contributed by atoms with E-state index in [2.05, 4.69) is 52.4 Å². The summed E-state index contributed by atoms with van der Waals surface area (Å²) in [6, 6.07) is 10.8. The van der Waals surface area contributed by atoms with Crippen LogP contribution >= 0.6 is 0 Å². The highest BCUT2D eigenvalue weighted by Gasteiger charge is 2.33. The Morgan fingerprint density at radius 1 is 1.00 bits per heavy atom. The summed E-state index contributed by atoms with van der Waals surface area (Å²) >= 11 is 0. The second kappa shape index (κ2) is 6.80. The summed E-state index contributed by atoms with van der Waals surface area (Å²) in [4.78, 5) is 5.23. The lowest BCUT2D eigenvalue weighted by atomic mass is 9.76. The fourth-order valence-corrected chi connectivity index (χ4v) is 3.86. The third kappa shape index (κ3) is 3.58. The Balaban J connectivity index is 1.53. The molecule has 3 nitrogen and oxygen atoms in total. The van der Waals surface area contributed by atoms with Crippen LogP contribution in [0.25, 0.3) is 0 Å². The molecule has 2 aliphatic heterocycles. The van der Waals surface area contributed by atoms with Crippen molar-refractivity contribution in [2.24, 2.45) is 5.41 Å². The molecule has 0 spiro atoms. The molecule has 3 rings (SSSR count). The van der Waals surface area contributed by atoms with Gasteiger partial charge in [-0.1, -0.05) is 25.1 Å². The molecule has 1 N–H and O–H groups in total. The summed E-state index contributed by atoms with van der Waals surface area (Å²) in [5.41, 5.74) is 1.95. The number of piperazine rings is 1. The van der Waals surface area contributed by atoms with Crippen molar-refractivity contribution in [3.63, 3.8) is 0 Å². The lowest BCUT2D eigenvalue weighted by Crippen LogP contribution is -2.51. The standard InChI is InChI=1S/C18H29N3/c1-2-18(8-10-19-11-9-18)16-20-12-14-21(15-13-20)17-6-4-3-5-7-17/h3-7,19H,2,8-16H2,1H3. The molecule has 21 heavy (non-hydrogen) atoms. The molecule has 0 radical (unpaired) electrons. The van der Waals surface area contributed by atoms with Crippen molar-refractivity contribution >= 4 is 5.69 Å². The molecule has 2 fully saturated rings. The van der Waals surface area contributed by atoms with Gasteiger partial charge >= 0.3 is 0 Å². The highest BCUT2D eigenvalue weighted by molar-refractivity contribution is 5.46. The fourth-order valence-electron chi connectivity index (χ4n) is 3.86. The van der Waals surface area contributed by atoms with Crippen LogP contribution in [0.4, 0.5) is 5.69 Å². The molecule has 2 aliphatic rings. The normalized spacial score (nSPS) is 23.2. The zero-order chi connectivity index (χ0) is 14.5. The fraction of sp³-hybridized carbons (Fsp3) is 0.667. The topological polar surface area (TPSA) is 18.5 Å². The molecule has 116 valence electrons. The van der Waals surface area contributed by atoms with Gasteiger partial charge in [0.05, 0.1) is 0 Å². The summed E-state index contributed by atoms with van der Waals surface area (Å²) in [7, 11) is 0. The minimum atomic E-state index is 0.570. The predicted octanol–water partition coefficient (Wildman–Crippen LogP) is 2.59. The number of hydrogen-bond acceptors (Lipinski definition) is 3. The summed E-state index contributed by atoms with van der Waals surface area (Å²) < 4.78 is 0. The molecule has 1 aromatic rings. The molecule has 0 bridgehead atoms. The van der Waals surface area contributed by atoms with Crippen molar-refractivity contribution in [2.45, 2.75) is 26.2 Å². The van der Waals surface area contributed by atoms with Crippen LogP contribution in [0.3, 0.4) is 0 Å². The second-order valence-corrected chi connectivity index (χ2v) is 6.70. The monoisotopic (exact) mass is 287 g/mol. The molecular weight excluding hydrogens is 258 g/mol. The van der Waals surface area contributed by atoms with Gasteiger partial charge in [-0.05, 0) is 49.9 Å². The summed E-state index contributed by atoms with van der Waals surface area (Å²) in [5, 5.41) is 3.51. The average Bonchev–Trinajstić information content (AvgIpc) is 2.57. The van der Waals surface area contributed by atoms with E-state index in [0.29, 0.717) is 5.41 Å². The number of benzene rings is 1. The van der Waals surface area contributed by atoms with E-state index < -0.39 is 0 Å². The Kier molecular flexibility index (Phi) is 4.81. The molecule has 0 unspecified atom stereocenters. The third-order valence-corrected chi connectivity index (χ3v) is 5.47. The van der Waals surface area contributed by atoms with Crippen molar-refractivity contribution in [1.82, 2.24) is 10.2 Å². The molecule has 2 saturated heterocycles. The van der Waals surface area contributed by atoms with E-state index in [4.69, 9.17) is 0 Å². The van der Waals surface area contributed by atoms with Crippen LogP contribution in [-0.2, 0) is 0 Å². The lowest BCUT2D eigenvalue weighted by Gasteiger charge is -2.44. The minimum Gasteiger partial charge on any atom is -0.369 e. The van der Waals surface area contributed by atoms with E-state index >= 15 is 0 Å². The predicted molar refractivity (Wildman–Crippen MR) is 89.9 cm³/mol. The van der Waals surface area contributed by atoms with Gasteiger partial charge in [-0.3, -0.25) is 4.90 Å². The molecule has 1 aromatic carbocycles. The van der Waals surface area contributed by atoms with Gasteiger partial charge in [-0.25, -0.2) is 0 Å². The Labute approximate surface area is 129 Å². The van der Waals surface area contributed by atoms with Gasteiger partial charge in [0.15, 0.2) is 0 Å². The number of nitrogens with zero attached hydrogens (tertiary/aromatic N) is 2. The van der Waals surface area contributed by atoms with Crippen molar-refractivity contribution in [3.05, 3.63) is 30.3 Å². The maximum absolute atomic E-state index is 3.51. The SMILES string of the molecule is CCC1(CN2CCN(c3ccccc3)CC2)CCNCC1. The molecule has 0 saturated carbocycles. The zero-order valence-corrected chi connectivity index (χ0v) is 13.4. The summed E-state index contributed by atoms with van der Waals surface area (Å²) in [5.74, 6) is 0. The number of piperidine rings is 1. The molecule has 0 atom stereocenters. The van der Waals surface area contributed by atoms with Gasteiger partial charge in [0.2, 0.25) is 0 Å². The van der Waals surface area contributed by atoms with Crippen LogP contribution in [0.1, 0.15) is 26.2 Å². The second-order valence-electron chi connectivity index (χ2n) is 6.70. The highest BCUT2D eigenvalue weighted by atomic mass is 15.3. The quantitative estimate of drug-likeness (QED) is 0.918. The van der Waals surface area contributed by atoms with E-state index in [1.165, 1.54) is 70.8 Å². The average molecular weight is 287 g/mol. The van der Waals surface area contributed by atoms with E-state index in [-0.39, 0.29) is 0 Å². The summed E-state index contributed by atoms with van der Waals surface area (Å²) in [6.45, 7) is 10.9. The largest absolute Gasteiger partial charge is 0.369 e. The molecule has 0 aromatic heterocycles. The molecule has 2 heterocycles. The first-order chi connectivity index (χ1) is 10.3. The van der Waals surface area contributed by atoms with Crippen LogP contribution in [0.2, 0.25) is 0 Å². The van der Waals surface area contributed by atoms with Crippen LogP contribution in [0, 0.1) is 5.41 Å². The number of hydrogen-bond donors (Lipinski definition) is 1. The Morgan fingerprint density at radius 2 is 1.67 bits per heavy atom. The van der Waals surface area contributed by atoms with Gasteiger partial charge in [0.25, 0.3) is 0 Å². The van der Waals surface area contributed by atoms with Crippen LogP contribution in [-0.4, -0.2) is 50.7 Å². The first-order valence-electron chi connectivity index (χ1n) is 8.54. The van der Waals surface area contributed by atoms with E-state index in [1.54, 1.807) is 0 Å². The maximum Gasteiger partial charge on any atom is 0.0367 e. The van der Waals surface area contributed by atoms with E-state index in [1.807, 2.05) is 0 Å². The van der Waals surface area contributed by atoms with Crippen LogP contribution in [0.15, 0.2) is 30.3 Å². The van der Waals surface area contributed by atoms with Gasteiger partial charge in [-0.2, -0.15) is 0 Å². The maximum atomic E-state index is 3.51. The van der Waals surface area contributed by atoms with Gasteiger partial charge in [0, 0.05) is 38.4 Å². The lowest BCUT2D eigenvalue weighted by molar-refractivity contribution is 0.102. The van der Waals surface area contributed by atoms with E-state index in [9.17, 15) is 0 Å². The van der Waals surface area contributed by atoms with Crippen LogP contribution < -0.4 is 10.2 Å². The van der Waals surface area contributed by atoms with Crippen molar-refractivity contribution < 1.29 is 0 Å². The number of para-hydroxylation sites is 1. The Hall–Kier alpha value is -1.06. The highest BCUT2D eigenvalue weighted by Crippen LogP contribution is 2.33. The van der Waals surface area contributed by atoms with Gasteiger partial charge in [0.1, 0.15) is 0 Å². The number of anilines is 1. The van der Waals surface area contributed by atoms with Gasteiger partial charge < -0.3 is 10.2 Å². The molecule has 0 amide bonds. The third-order valence-electron chi connectivity index (χ3n) is 5.47. The minimum absolute atomic E-state index is 0.570. The first-order valence-corrected chi connectivity index (χ1v) is 8.54. The molecular formula is C18H29N3. The Bertz CT molecular complexity index is 417. The molecule has 0 aliphatic carbocycles. The first kappa shape index (κ1) is 14.9. The number of rotatable bonds is 4. The zero-order valence-electron chi connectivity index (χ0n) is 13.4. The van der Waals surface area contributed by atoms with Crippen molar-refractivity contribution in [1.29, 1.82) is 0 Å². The van der Waals surface area contributed by atoms with Crippen LogP contribution in [0.5, 0.6) is 0 Å². The van der Waals surface area contributed by atoms with Crippen molar-refractivity contribution in [2.75, 3.05) is 50.7 Å². The van der Waals surface area contributed by atoms with Crippen molar-refractivity contribution in [3.8, 4) is 0 Å². The smallest absolute Gasteiger partial charge is 0.0367 e. The molecule has 3 heteroatoms. The number of nitrogens with one attached hydrogen (secondary N) is 1. The van der Waals surface area contributed by atoms with E-state index in [0.717, 1.165) is 0 Å². The Morgan fingerprint density at radius 3 is 2.29 bits per heavy atom. The summed E-state index contributed by atoms with van der Waals surface area (Å²) in [6.07, 6.45) is 4.03. The van der Waals surface area contributed by atoms with Gasteiger partial charge in [-0.15, -0.1) is 0 Å².